The van der Waals surface area contributed by atoms with Gasteiger partial charge in [-0.15, -0.1) is 0 Å². The lowest BCUT2D eigenvalue weighted by atomic mass is 9.74. The van der Waals surface area contributed by atoms with Crippen LogP contribution in [0.1, 0.15) is 70.6 Å². The summed E-state index contributed by atoms with van der Waals surface area (Å²) in [6, 6.07) is 0. The number of aromatic hydroxyl groups is 1. The van der Waals surface area contributed by atoms with Gasteiger partial charge in [0, 0.05) is 12.6 Å². The summed E-state index contributed by atoms with van der Waals surface area (Å²) in [5.74, 6) is 0.347. The highest BCUT2D eigenvalue weighted by Crippen LogP contribution is 2.40. The minimum Gasteiger partial charge on any atom is -0.493 e. The molecule has 0 saturated carbocycles. The second-order valence-electron chi connectivity index (χ2n) is 5.68. The fourth-order valence-electron chi connectivity index (χ4n) is 3.04. The highest BCUT2D eigenvalue weighted by molar-refractivity contribution is 5.37. The fraction of sp³-hybridized carbons (Fsp3) is 0.800. The van der Waals surface area contributed by atoms with Crippen LogP contribution < -0.4 is 0 Å². The normalized spacial score (nSPS) is 14.7. The molecule has 3 heteroatoms. The van der Waals surface area contributed by atoms with Crippen LogP contribution in [-0.2, 0) is 12.5 Å². The molecule has 104 valence electrons. The van der Waals surface area contributed by atoms with Crippen LogP contribution in [-0.4, -0.2) is 14.9 Å². The largest absolute Gasteiger partial charge is 0.493 e. The molecule has 0 aliphatic rings. The van der Waals surface area contributed by atoms with E-state index in [0.29, 0.717) is 5.88 Å². The Labute approximate surface area is 111 Å². The second kappa shape index (κ2) is 6.26. The van der Waals surface area contributed by atoms with Gasteiger partial charge in [0.2, 0.25) is 5.88 Å². The Morgan fingerprint density at radius 2 is 1.83 bits per heavy atom. The number of hydrogen-bond donors (Lipinski definition) is 1. The maximum absolute atomic E-state index is 10.2. The lowest BCUT2D eigenvalue weighted by Gasteiger charge is -2.29. The van der Waals surface area contributed by atoms with E-state index in [4.69, 9.17) is 0 Å². The van der Waals surface area contributed by atoms with Crippen molar-refractivity contribution in [3.63, 3.8) is 0 Å². The molecule has 1 unspecified atom stereocenters. The summed E-state index contributed by atoms with van der Waals surface area (Å²) in [6.45, 7) is 8.71. The zero-order valence-corrected chi connectivity index (χ0v) is 12.6. The summed E-state index contributed by atoms with van der Waals surface area (Å²) >= 11 is 0. The van der Waals surface area contributed by atoms with Gasteiger partial charge in [-0.2, -0.15) is 5.10 Å². The molecule has 0 radical (unpaired) electrons. The predicted molar refractivity (Wildman–Crippen MR) is 76.0 cm³/mol. The predicted octanol–water partition coefficient (Wildman–Crippen LogP) is 4.07. The molecule has 1 rings (SSSR count). The molecule has 0 saturated heterocycles. The number of hydrogen-bond acceptors (Lipinski definition) is 2. The topological polar surface area (TPSA) is 38.0 Å². The first-order valence-electron chi connectivity index (χ1n) is 7.19. The van der Waals surface area contributed by atoms with Crippen molar-refractivity contribution < 1.29 is 5.11 Å². The lowest BCUT2D eigenvalue weighted by Crippen LogP contribution is -2.22. The van der Waals surface area contributed by atoms with Crippen molar-refractivity contribution in [1.82, 2.24) is 9.78 Å². The lowest BCUT2D eigenvalue weighted by molar-refractivity contribution is 0.347. The number of aryl methyl sites for hydroxylation is 2. The van der Waals surface area contributed by atoms with Gasteiger partial charge in [-0.1, -0.05) is 46.5 Å². The Bertz CT molecular complexity index is 384. The van der Waals surface area contributed by atoms with Gasteiger partial charge in [-0.05, 0) is 25.2 Å². The first-order chi connectivity index (χ1) is 8.46. The van der Waals surface area contributed by atoms with E-state index in [1.54, 1.807) is 4.68 Å². The summed E-state index contributed by atoms with van der Waals surface area (Å²) in [7, 11) is 1.81. The van der Waals surface area contributed by atoms with E-state index in [2.05, 4.69) is 25.9 Å². The third-order valence-corrected chi connectivity index (χ3v) is 3.93. The molecule has 1 atom stereocenters. The van der Waals surface area contributed by atoms with Crippen LogP contribution in [0.3, 0.4) is 0 Å². The van der Waals surface area contributed by atoms with Crippen molar-refractivity contribution in [3.8, 4) is 5.88 Å². The third kappa shape index (κ3) is 3.06. The van der Waals surface area contributed by atoms with Gasteiger partial charge >= 0.3 is 0 Å². The monoisotopic (exact) mass is 252 g/mol. The molecular weight excluding hydrogens is 224 g/mol. The van der Waals surface area contributed by atoms with E-state index in [-0.39, 0.29) is 5.41 Å². The molecule has 0 aliphatic carbocycles. The van der Waals surface area contributed by atoms with Crippen molar-refractivity contribution in [3.05, 3.63) is 11.3 Å². The molecular formula is C15H28N2O. The summed E-state index contributed by atoms with van der Waals surface area (Å²) in [5, 5.41) is 14.6. The summed E-state index contributed by atoms with van der Waals surface area (Å²) in [5.41, 5.74) is 2.09. The number of aromatic nitrogens is 2. The van der Waals surface area contributed by atoms with E-state index >= 15 is 0 Å². The van der Waals surface area contributed by atoms with Crippen LogP contribution in [0.4, 0.5) is 0 Å². The van der Waals surface area contributed by atoms with Crippen LogP contribution in [0.15, 0.2) is 0 Å². The Balaban J connectivity index is 3.02. The molecule has 0 bridgehead atoms. The summed E-state index contributed by atoms with van der Waals surface area (Å²) in [4.78, 5) is 0. The number of rotatable bonds is 7. The van der Waals surface area contributed by atoms with Crippen molar-refractivity contribution in [2.24, 2.45) is 7.05 Å². The van der Waals surface area contributed by atoms with Crippen LogP contribution in [0.2, 0.25) is 0 Å². The zero-order valence-electron chi connectivity index (χ0n) is 12.6. The third-order valence-electron chi connectivity index (χ3n) is 3.93. The fourth-order valence-corrected chi connectivity index (χ4v) is 3.04. The summed E-state index contributed by atoms with van der Waals surface area (Å²) < 4.78 is 1.60. The SMILES string of the molecule is CCCCCC(C)(CCC)c1c(C)nn(C)c1O. The highest BCUT2D eigenvalue weighted by atomic mass is 16.3. The van der Waals surface area contributed by atoms with Crippen LogP contribution in [0, 0.1) is 6.92 Å². The Hall–Kier alpha value is -0.990. The van der Waals surface area contributed by atoms with Crippen molar-refractivity contribution in [2.75, 3.05) is 0 Å². The number of nitrogens with zero attached hydrogens (tertiary/aromatic N) is 2. The van der Waals surface area contributed by atoms with E-state index in [1.165, 1.54) is 19.3 Å². The van der Waals surface area contributed by atoms with E-state index < -0.39 is 0 Å². The van der Waals surface area contributed by atoms with Crippen LogP contribution in [0.25, 0.3) is 0 Å². The molecule has 1 heterocycles. The summed E-state index contributed by atoms with van der Waals surface area (Å²) in [6.07, 6.45) is 7.10. The average molecular weight is 252 g/mol. The van der Waals surface area contributed by atoms with E-state index in [0.717, 1.165) is 30.5 Å². The van der Waals surface area contributed by atoms with Crippen molar-refractivity contribution in [1.29, 1.82) is 0 Å². The quantitative estimate of drug-likeness (QED) is 0.743. The van der Waals surface area contributed by atoms with Gasteiger partial charge in [0.1, 0.15) is 0 Å². The molecule has 0 aromatic carbocycles. The Morgan fingerprint density at radius 1 is 1.17 bits per heavy atom. The highest BCUT2D eigenvalue weighted by Gasteiger charge is 2.32. The van der Waals surface area contributed by atoms with E-state index in [9.17, 15) is 5.11 Å². The molecule has 1 aromatic rings. The maximum atomic E-state index is 10.2. The molecule has 0 fully saturated rings. The molecule has 0 aliphatic heterocycles. The molecule has 0 spiro atoms. The molecule has 0 amide bonds. The van der Waals surface area contributed by atoms with Crippen molar-refractivity contribution >= 4 is 0 Å². The average Bonchev–Trinajstić information content (AvgIpc) is 2.54. The van der Waals surface area contributed by atoms with E-state index in [1.807, 2.05) is 14.0 Å². The van der Waals surface area contributed by atoms with Gasteiger partial charge in [0.25, 0.3) is 0 Å². The molecule has 3 nitrogen and oxygen atoms in total. The smallest absolute Gasteiger partial charge is 0.213 e. The van der Waals surface area contributed by atoms with Gasteiger partial charge < -0.3 is 5.11 Å². The molecule has 18 heavy (non-hydrogen) atoms. The van der Waals surface area contributed by atoms with Crippen LogP contribution in [0.5, 0.6) is 5.88 Å². The van der Waals surface area contributed by atoms with Crippen LogP contribution >= 0.6 is 0 Å². The minimum absolute atomic E-state index is 0.0619. The van der Waals surface area contributed by atoms with Gasteiger partial charge in [0.05, 0.1) is 5.69 Å². The Kier molecular flexibility index (Phi) is 5.24. The number of unbranched alkanes of at least 4 members (excludes halogenated alkanes) is 2. The first-order valence-corrected chi connectivity index (χ1v) is 7.19. The first kappa shape index (κ1) is 15.1. The zero-order chi connectivity index (χ0) is 13.8. The van der Waals surface area contributed by atoms with Gasteiger partial charge in [-0.3, -0.25) is 0 Å². The molecule has 1 N–H and O–H groups in total. The van der Waals surface area contributed by atoms with Gasteiger partial charge in [0.15, 0.2) is 0 Å². The second-order valence-corrected chi connectivity index (χ2v) is 5.68. The minimum atomic E-state index is 0.0619. The van der Waals surface area contributed by atoms with Crippen molar-refractivity contribution in [2.45, 2.75) is 71.6 Å². The standard InChI is InChI=1S/C15H28N2O/c1-6-8-9-11-15(4,10-7-2)13-12(3)16-17(5)14(13)18/h18H,6-11H2,1-5H3. The van der Waals surface area contributed by atoms with Gasteiger partial charge in [-0.25, -0.2) is 4.68 Å². The Morgan fingerprint density at radius 3 is 2.28 bits per heavy atom. The molecule has 1 aromatic heterocycles. The maximum Gasteiger partial charge on any atom is 0.213 e.